The topological polar surface area (TPSA) is 81.1 Å². The fraction of sp³-hybridized carbons (Fsp3) is 0.118. The van der Waals surface area contributed by atoms with Crippen molar-refractivity contribution in [1.29, 1.82) is 0 Å². The van der Waals surface area contributed by atoms with E-state index in [2.05, 4.69) is 25.6 Å². The molecule has 2 aromatic carbocycles. The standard InChI is InChI=1S/C17H15F2N5O2/c18-16(19)26-14-8-4-5-12(9-14)22-17(25)20-10-15-23-21-11-24(15)13-6-2-1-3-7-13/h1-9,11,16H,10H2,(H2,20,22,25). The molecule has 1 heterocycles. The van der Waals surface area contributed by atoms with Gasteiger partial charge < -0.3 is 15.4 Å². The van der Waals surface area contributed by atoms with Crippen LogP contribution in [0.2, 0.25) is 0 Å². The highest BCUT2D eigenvalue weighted by molar-refractivity contribution is 5.89. The Bertz CT molecular complexity index is 870. The van der Waals surface area contributed by atoms with Crippen molar-refractivity contribution in [2.24, 2.45) is 0 Å². The summed E-state index contributed by atoms with van der Waals surface area (Å²) in [5, 5.41) is 13.0. The highest BCUT2D eigenvalue weighted by Crippen LogP contribution is 2.19. The zero-order valence-corrected chi connectivity index (χ0v) is 13.5. The monoisotopic (exact) mass is 359 g/mol. The Morgan fingerprint density at radius 3 is 2.73 bits per heavy atom. The average molecular weight is 359 g/mol. The van der Waals surface area contributed by atoms with Crippen LogP contribution in [0.4, 0.5) is 19.3 Å². The third-order valence-corrected chi connectivity index (χ3v) is 3.38. The second kappa shape index (κ2) is 8.06. The maximum absolute atomic E-state index is 12.2. The normalized spacial score (nSPS) is 10.6. The van der Waals surface area contributed by atoms with E-state index in [0.717, 1.165) is 5.69 Å². The Labute approximate surface area is 147 Å². The van der Waals surface area contributed by atoms with E-state index in [9.17, 15) is 13.6 Å². The molecule has 3 rings (SSSR count). The van der Waals surface area contributed by atoms with Crippen molar-refractivity contribution in [2.45, 2.75) is 13.2 Å². The minimum Gasteiger partial charge on any atom is -0.435 e. The van der Waals surface area contributed by atoms with E-state index in [1.54, 1.807) is 17.0 Å². The van der Waals surface area contributed by atoms with Gasteiger partial charge in [-0.05, 0) is 24.3 Å². The predicted octanol–water partition coefficient (Wildman–Crippen LogP) is 3.19. The number of alkyl halides is 2. The van der Waals surface area contributed by atoms with Crippen LogP contribution in [-0.4, -0.2) is 27.4 Å². The van der Waals surface area contributed by atoms with Crippen LogP contribution in [0.3, 0.4) is 0 Å². The molecule has 1 aromatic heterocycles. The van der Waals surface area contributed by atoms with E-state index in [1.807, 2.05) is 30.3 Å². The first-order chi connectivity index (χ1) is 12.6. The largest absolute Gasteiger partial charge is 0.435 e. The van der Waals surface area contributed by atoms with Crippen molar-refractivity contribution in [3.05, 3.63) is 66.7 Å². The lowest BCUT2D eigenvalue weighted by Crippen LogP contribution is -2.29. The second-order valence-corrected chi connectivity index (χ2v) is 5.17. The summed E-state index contributed by atoms with van der Waals surface area (Å²) in [6, 6.07) is 14.7. The van der Waals surface area contributed by atoms with Gasteiger partial charge in [0.1, 0.15) is 12.1 Å². The Balaban J connectivity index is 1.60. The van der Waals surface area contributed by atoms with Crippen LogP contribution < -0.4 is 15.4 Å². The van der Waals surface area contributed by atoms with Gasteiger partial charge in [-0.1, -0.05) is 24.3 Å². The molecule has 2 amide bonds. The van der Waals surface area contributed by atoms with Gasteiger partial charge in [-0.3, -0.25) is 4.57 Å². The lowest BCUT2D eigenvalue weighted by Gasteiger charge is -2.10. The molecule has 0 saturated heterocycles. The molecular weight excluding hydrogens is 344 g/mol. The van der Waals surface area contributed by atoms with E-state index >= 15 is 0 Å². The first-order valence-corrected chi connectivity index (χ1v) is 7.66. The molecule has 7 nitrogen and oxygen atoms in total. The number of carbonyl (C=O) groups is 1. The molecule has 0 bridgehead atoms. The number of nitrogens with zero attached hydrogens (tertiary/aromatic N) is 3. The number of para-hydroxylation sites is 1. The van der Waals surface area contributed by atoms with Crippen LogP contribution in [0.1, 0.15) is 5.82 Å². The summed E-state index contributed by atoms with van der Waals surface area (Å²) in [7, 11) is 0. The van der Waals surface area contributed by atoms with Crippen LogP contribution in [0, 0.1) is 0 Å². The number of nitrogens with one attached hydrogen (secondary N) is 2. The molecule has 9 heteroatoms. The summed E-state index contributed by atoms with van der Waals surface area (Å²) < 4.78 is 30.5. The van der Waals surface area contributed by atoms with Crippen molar-refractivity contribution in [1.82, 2.24) is 20.1 Å². The fourth-order valence-corrected chi connectivity index (χ4v) is 2.27. The molecule has 3 aromatic rings. The van der Waals surface area contributed by atoms with Gasteiger partial charge in [0, 0.05) is 17.4 Å². The Morgan fingerprint density at radius 2 is 1.96 bits per heavy atom. The van der Waals surface area contributed by atoms with Crippen molar-refractivity contribution in [3.8, 4) is 11.4 Å². The molecule has 2 N–H and O–H groups in total. The van der Waals surface area contributed by atoms with E-state index in [4.69, 9.17) is 0 Å². The second-order valence-electron chi connectivity index (χ2n) is 5.17. The SMILES string of the molecule is O=C(NCc1nncn1-c1ccccc1)Nc1cccc(OC(F)F)c1. The lowest BCUT2D eigenvalue weighted by atomic mass is 10.3. The zero-order chi connectivity index (χ0) is 18.4. The molecule has 0 fully saturated rings. The summed E-state index contributed by atoms with van der Waals surface area (Å²) in [6.07, 6.45) is 1.55. The number of urea groups is 1. The summed E-state index contributed by atoms with van der Waals surface area (Å²) in [5.41, 5.74) is 1.19. The minimum atomic E-state index is -2.93. The van der Waals surface area contributed by atoms with Crippen LogP contribution in [-0.2, 0) is 6.54 Å². The molecule has 134 valence electrons. The number of ether oxygens (including phenoxy) is 1. The van der Waals surface area contributed by atoms with Crippen LogP contribution in [0.5, 0.6) is 5.75 Å². The van der Waals surface area contributed by atoms with Gasteiger partial charge in [-0.25, -0.2) is 4.79 Å². The molecule has 0 aliphatic rings. The molecular formula is C17H15F2N5O2. The number of carbonyl (C=O) groups excluding carboxylic acids is 1. The number of aromatic nitrogens is 3. The zero-order valence-electron chi connectivity index (χ0n) is 13.5. The number of anilines is 1. The third kappa shape index (κ3) is 4.53. The number of hydrogen-bond acceptors (Lipinski definition) is 4. The van der Waals surface area contributed by atoms with Crippen molar-refractivity contribution >= 4 is 11.7 Å². The van der Waals surface area contributed by atoms with Crippen molar-refractivity contribution < 1.29 is 18.3 Å². The van der Waals surface area contributed by atoms with Crippen LogP contribution >= 0.6 is 0 Å². The summed E-state index contributed by atoms with van der Waals surface area (Å²) in [5.74, 6) is 0.503. The number of benzene rings is 2. The maximum atomic E-state index is 12.2. The van der Waals surface area contributed by atoms with E-state index in [-0.39, 0.29) is 12.3 Å². The van der Waals surface area contributed by atoms with Crippen molar-refractivity contribution in [3.63, 3.8) is 0 Å². The number of rotatable bonds is 6. The molecule has 0 atom stereocenters. The Hall–Kier alpha value is -3.49. The third-order valence-electron chi connectivity index (χ3n) is 3.38. The van der Waals surface area contributed by atoms with Crippen LogP contribution in [0.15, 0.2) is 60.9 Å². The van der Waals surface area contributed by atoms with Gasteiger partial charge in [0.2, 0.25) is 0 Å². The van der Waals surface area contributed by atoms with Gasteiger partial charge in [0.15, 0.2) is 5.82 Å². The Kier molecular flexibility index (Phi) is 5.37. The Morgan fingerprint density at radius 1 is 1.15 bits per heavy atom. The quantitative estimate of drug-likeness (QED) is 0.708. The first-order valence-electron chi connectivity index (χ1n) is 7.66. The van der Waals surface area contributed by atoms with Gasteiger partial charge in [0.05, 0.1) is 6.54 Å². The number of hydrogen-bond donors (Lipinski definition) is 2. The van der Waals surface area contributed by atoms with Gasteiger partial charge in [-0.15, -0.1) is 10.2 Å². The molecule has 0 saturated carbocycles. The molecule has 26 heavy (non-hydrogen) atoms. The average Bonchev–Trinajstić information content (AvgIpc) is 3.09. The summed E-state index contributed by atoms with van der Waals surface area (Å²) >= 11 is 0. The predicted molar refractivity (Wildman–Crippen MR) is 90.3 cm³/mol. The van der Waals surface area contributed by atoms with E-state index < -0.39 is 12.6 Å². The summed E-state index contributed by atoms with van der Waals surface area (Å²) in [4.78, 5) is 12.0. The van der Waals surface area contributed by atoms with E-state index in [1.165, 1.54) is 18.2 Å². The molecule has 0 aliphatic carbocycles. The number of amides is 2. The van der Waals surface area contributed by atoms with Gasteiger partial charge in [-0.2, -0.15) is 8.78 Å². The van der Waals surface area contributed by atoms with Crippen molar-refractivity contribution in [2.75, 3.05) is 5.32 Å². The molecule has 0 aliphatic heterocycles. The van der Waals surface area contributed by atoms with E-state index in [0.29, 0.717) is 11.5 Å². The highest BCUT2D eigenvalue weighted by atomic mass is 19.3. The summed E-state index contributed by atoms with van der Waals surface area (Å²) in [6.45, 7) is -2.79. The van der Waals surface area contributed by atoms with Gasteiger partial charge >= 0.3 is 12.6 Å². The molecule has 0 spiro atoms. The fourth-order valence-electron chi connectivity index (χ4n) is 2.27. The number of halogens is 2. The first kappa shape index (κ1) is 17.3. The highest BCUT2D eigenvalue weighted by Gasteiger charge is 2.09. The maximum Gasteiger partial charge on any atom is 0.387 e. The van der Waals surface area contributed by atoms with Crippen LogP contribution in [0.25, 0.3) is 5.69 Å². The van der Waals surface area contributed by atoms with Gasteiger partial charge in [0.25, 0.3) is 0 Å². The molecule has 0 radical (unpaired) electrons. The lowest BCUT2D eigenvalue weighted by molar-refractivity contribution is -0.0497. The minimum absolute atomic E-state index is 0.0402. The molecule has 0 unspecified atom stereocenters. The smallest absolute Gasteiger partial charge is 0.387 e.